The molecule has 17 heavy (non-hydrogen) atoms. The summed E-state index contributed by atoms with van der Waals surface area (Å²) in [5.41, 5.74) is 1.15. The predicted molar refractivity (Wildman–Crippen MR) is 67.8 cm³/mol. The number of anilines is 1. The number of rotatable bonds is 3. The molecule has 1 nitrogen and oxygen atoms in total. The molecule has 0 bridgehead atoms. The van der Waals surface area contributed by atoms with Gasteiger partial charge < -0.3 is 5.32 Å². The van der Waals surface area contributed by atoms with Gasteiger partial charge in [0.15, 0.2) is 0 Å². The topological polar surface area (TPSA) is 12.0 Å². The van der Waals surface area contributed by atoms with E-state index in [0.717, 1.165) is 22.3 Å². The van der Waals surface area contributed by atoms with Gasteiger partial charge in [0.05, 0.1) is 0 Å². The third-order valence-electron chi connectivity index (χ3n) is 2.35. The summed E-state index contributed by atoms with van der Waals surface area (Å²) in [7, 11) is 0. The molecule has 0 aliphatic heterocycles. The summed E-state index contributed by atoms with van der Waals surface area (Å²) in [6, 6.07) is 10.9. The minimum absolute atomic E-state index is 0.242. The molecule has 2 aromatic rings. The summed E-state index contributed by atoms with van der Waals surface area (Å²) in [4.78, 5) is 0. The SMILES string of the molecule is Fc1ccc(F)c(CNc2ccccc2Br)c1. The third kappa shape index (κ3) is 3.03. The highest BCUT2D eigenvalue weighted by atomic mass is 79.9. The number of hydrogen-bond acceptors (Lipinski definition) is 1. The molecule has 0 aromatic heterocycles. The van der Waals surface area contributed by atoms with Crippen molar-refractivity contribution < 1.29 is 8.78 Å². The highest BCUT2D eigenvalue weighted by Gasteiger charge is 2.04. The van der Waals surface area contributed by atoms with Crippen LogP contribution in [0.3, 0.4) is 0 Å². The summed E-state index contributed by atoms with van der Waals surface area (Å²) in [5.74, 6) is -0.846. The van der Waals surface area contributed by atoms with E-state index in [-0.39, 0.29) is 6.54 Å². The van der Waals surface area contributed by atoms with Gasteiger partial charge in [-0.3, -0.25) is 0 Å². The lowest BCUT2D eigenvalue weighted by molar-refractivity contribution is 0.587. The molecule has 0 spiro atoms. The number of para-hydroxylation sites is 1. The number of halogens is 3. The summed E-state index contributed by atoms with van der Waals surface area (Å²) in [6.45, 7) is 0.242. The maximum absolute atomic E-state index is 13.4. The highest BCUT2D eigenvalue weighted by Crippen LogP contribution is 2.22. The minimum atomic E-state index is -0.435. The lowest BCUT2D eigenvalue weighted by Crippen LogP contribution is -2.02. The van der Waals surface area contributed by atoms with E-state index in [1.807, 2.05) is 24.3 Å². The molecule has 1 N–H and O–H groups in total. The van der Waals surface area contributed by atoms with Crippen molar-refractivity contribution >= 4 is 21.6 Å². The Hall–Kier alpha value is -1.42. The Labute approximate surface area is 107 Å². The fourth-order valence-corrected chi connectivity index (χ4v) is 1.90. The lowest BCUT2D eigenvalue weighted by Gasteiger charge is -2.09. The normalized spacial score (nSPS) is 10.3. The molecule has 0 heterocycles. The molecular weight excluding hydrogens is 288 g/mol. The Bertz CT molecular complexity index is 529. The van der Waals surface area contributed by atoms with Crippen LogP contribution in [-0.4, -0.2) is 0 Å². The van der Waals surface area contributed by atoms with Crippen molar-refractivity contribution in [3.8, 4) is 0 Å². The standard InChI is InChI=1S/C13H10BrF2N/c14-11-3-1-2-4-13(11)17-8-9-7-10(15)5-6-12(9)16/h1-7,17H,8H2. The van der Waals surface area contributed by atoms with E-state index in [1.165, 1.54) is 6.07 Å². The maximum atomic E-state index is 13.4. The van der Waals surface area contributed by atoms with Crippen molar-refractivity contribution in [2.75, 3.05) is 5.32 Å². The van der Waals surface area contributed by atoms with Crippen LogP contribution in [-0.2, 0) is 6.54 Å². The Morgan fingerprint density at radius 3 is 2.59 bits per heavy atom. The van der Waals surface area contributed by atoms with Crippen LogP contribution in [0.25, 0.3) is 0 Å². The van der Waals surface area contributed by atoms with Gasteiger partial charge in [0.2, 0.25) is 0 Å². The second-order valence-corrected chi connectivity index (χ2v) is 4.42. The Balaban J connectivity index is 2.12. The van der Waals surface area contributed by atoms with E-state index in [0.29, 0.717) is 5.56 Å². The fourth-order valence-electron chi connectivity index (χ4n) is 1.47. The molecule has 2 rings (SSSR count). The molecule has 0 amide bonds. The van der Waals surface area contributed by atoms with Crippen molar-refractivity contribution in [2.24, 2.45) is 0 Å². The molecule has 88 valence electrons. The second-order valence-electron chi connectivity index (χ2n) is 3.57. The summed E-state index contributed by atoms with van der Waals surface area (Å²) in [6.07, 6.45) is 0. The maximum Gasteiger partial charge on any atom is 0.128 e. The van der Waals surface area contributed by atoms with Gasteiger partial charge >= 0.3 is 0 Å². The van der Waals surface area contributed by atoms with Crippen molar-refractivity contribution in [3.05, 3.63) is 64.1 Å². The van der Waals surface area contributed by atoms with E-state index in [2.05, 4.69) is 21.2 Å². The Morgan fingerprint density at radius 2 is 1.82 bits per heavy atom. The van der Waals surface area contributed by atoms with E-state index in [9.17, 15) is 8.78 Å². The highest BCUT2D eigenvalue weighted by molar-refractivity contribution is 9.10. The van der Waals surface area contributed by atoms with Gasteiger partial charge in [0.1, 0.15) is 11.6 Å². The molecule has 0 radical (unpaired) electrons. The molecule has 0 saturated carbocycles. The van der Waals surface area contributed by atoms with Gasteiger partial charge in [0, 0.05) is 22.3 Å². The smallest absolute Gasteiger partial charge is 0.128 e. The van der Waals surface area contributed by atoms with Crippen LogP contribution >= 0.6 is 15.9 Å². The van der Waals surface area contributed by atoms with Gasteiger partial charge in [-0.2, -0.15) is 0 Å². The van der Waals surface area contributed by atoms with E-state index >= 15 is 0 Å². The Kier molecular flexibility index (Phi) is 3.74. The molecule has 0 atom stereocenters. The molecule has 0 fully saturated rings. The van der Waals surface area contributed by atoms with Crippen LogP contribution in [0.4, 0.5) is 14.5 Å². The fraction of sp³-hybridized carbons (Fsp3) is 0.0769. The second kappa shape index (κ2) is 5.27. The lowest BCUT2D eigenvalue weighted by atomic mass is 10.2. The average Bonchev–Trinajstić information content (AvgIpc) is 2.32. The first-order chi connectivity index (χ1) is 8.16. The molecule has 0 saturated heterocycles. The quantitative estimate of drug-likeness (QED) is 0.889. The first-order valence-corrected chi connectivity index (χ1v) is 5.88. The van der Waals surface area contributed by atoms with E-state index in [1.54, 1.807) is 0 Å². The first kappa shape index (κ1) is 12.0. The Morgan fingerprint density at radius 1 is 1.06 bits per heavy atom. The van der Waals surface area contributed by atoms with Crippen LogP contribution in [0, 0.1) is 11.6 Å². The summed E-state index contributed by atoms with van der Waals surface area (Å²) >= 11 is 3.37. The largest absolute Gasteiger partial charge is 0.380 e. The minimum Gasteiger partial charge on any atom is -0.380 e. The number of nitrogens with one attached hydrogen (secondary N) is 1. The number of benzene rings is 2. The molecular formula is C13H10BrF2N. The zero-order valence-electron chi connectivity index (χ0n) is 8.88. The average molecular weight is 298 g/mol. The first-order valence-electron chi connectivity index (χ1n) is 5.09. The van der Waals surface area contributed by atoms with Gasteiger partial charge in [-0.1, -0.05) is 12.1 Å². The van der Waals surface area contributed by atoms with Crippen LogP contribution < -0.4 is 5.32 Å². The van der Waals surface area contributed by atoms with Crippen molar-refractivity contribution in [2.45, 2.75) is 6.54 Å². The van der Waals surface area contributed by atoms with Crippen molar-refractivity contribution in [1.82, 2.24) is 0 Å². The molecule has 0 unspecified atom stereocenters. The van der Waals surface area contributed by atoms with Crippen LogP contribution in [0.2, 0.25) is 0 Å². The summed E-state index contributed by atoms with van der Waals surface area (Å²) in [5, 5.41) is 3.04. The van der Waals surface area contributed by atoms with Gasteiger partial charge in [0.25, 0.3) is 0 Å². The molecule has 0 aliphatic rings. The van der Waals surface area contributed by atoms with Crippen LogP contribution in [0.15, 0.2) is 46.9 Å². The molecule has 2 aromatic carbocycles. The van der Waals surface area contributed by atoms with Gasteiger partial charge in [-0.15, -0.1) is 0 Å². The van der Waals surface area contributed by atoms with Crippen LogP contribution in [0.5, 0.6) is 0 Å². The van der Waals surface area contributed by atoms with Crippen LogP contribution in [0.1, 0.15) is 5.56 Å². The van der Waals surface area contributed by atoms with Crippen molar-refractivity contribution in [3.63, 3.8) is 0 Å². The van der Waals surface area contributed by atoms with Gasteiger partial charge in [-0.05, 0) is 46.3 Å². The zero-order valence-corrected chi connectivity index (χ0v) is 10.5. The predicted octanol–water partition coefficient (Wildman–Crippen LogP) is 4.34. The van der Waals surface area contributed by atoms with E-state index < -0.39 is 11.6 Å². The van der Waals surface area contributed by atoms with Gasteiger partial charge in [-0.25, -0.2) is 8.78 Å². The van der Waals surface area contributed by atoms with Crippen molar-refractivity contribution in [1.29, 1.82) is 0 Å². The monoisotopic (exact) mass is 297 g/mol. The van der Waals surface area contributed by atoms with E-state index in [4.69, 9.17) is 0 Å². The zero-order chi connectivity index (χ0) is 12.3. The molecule has 4 heteroatoms. The molecule has 0 aliphatic carbocycles. The number of hydrogen-bond donors (Lipinski definition) is 1. The third-order valence-corrected chi connectivity index (χ3v) is 3.04. The summed E-state index contributed by atoms with van der Waals surface area (Å²) < 4.78 is 27.2.